The maximum absolute atomic E-state index is 13.6. The predicted octanol–water partition coefficient (Wildman–Crippen LogP) is 4.88. The quantitative estimate of drug-likeness (QED) is 0.753. The Morgan fingerprint density at radius 3 is 2.15 bits per heavy atom. The summed E-state index contributed by atoms with van der Waals surface area (Å²) in [6.45, 7) is 0. The Morgan fingerprint density at radius 2 is 1.60 bits per heavy atom. The molecule has 0 radical (unpaired) electrons. The lowest BCUT2D eigenvalue weighted by molar-refractivity contribution is 0.102. The van der Waals surface area contributed by atoms with E-state index in [-0.39, 0.29) is 14.5 Å². The molecular formula is C13H6Br2F3NO. The summed E-state index contributed by atoms with van der Waals surface area (Å²) in [7, 11) is 0. The number of rotatable bonds is 2. The van der Waals surface area contributed by atoms with Gasteiger partial charge in [-0.1, -0.05) is 15.9 Å². The molecule has 0 aromatic heterocycles. The normalized spacial score (nSPS) is 10.4. The minimum absolute atomic E-state index is 0.0631. The molecule has 0 aliphatic carbocycles. The van der Waals surface area contributed by atoms with Crippen LogP contribution >= 0.6 is 31.9 Å². The molecule has 0 unspecified atom stereocenters. The van der Waals surface area contributed by atoms with E-state index in [1.54, 1.807) is 0 Å². The zero-order valence-corrected chi connectivity index (χ0v) is 12.9. The molecule has 2 aromatic carbocycles. The van der Waals surface area contributed by atoms with E-state index in [1.807, 2.05) is 0 Å². The molecule has 0 heterocycles. The third-order valence-corrected chi connectivity index (χ3v) is 3.54. The van der Waals surface area contributed by atoms with E-state index in [9.17, 15) is 18.0 Å². The van der Waals surface area contributed by atoms with Crippen molar-refractivity contribution in [1.82, 2.24) is 0 Å². The van der Waals surface area contributed by atoms with E-state index < -0.39 is 29.0 Å². The second kappa shape index (κ2) is 5.97. The van der Waals surface area contributed by atoms with Crippen LogP contribution in [0.5, 0.6) is 0 Å². The molecule has 7 heteroatoms. The highest BCUT2D eigenvalue weighted by atomic mass is 79.9. The Kier molecular flexibility index (Phi) is 4.49. The van der Waals surface area contributed by atoms with Crippen LogP contribution in [0.3, 0.4) is 0 Å². The van der Waals surface area contributed by atoms with Gasteiger partial charge >= 0.3 is 0 Å². The van der Waals surface area contributed by atoms with Crippen LogP contribution in [0.2, 0.25) is 0 Å². The zero-order valence-electron chi connectivity index (χ0n) is 9.68. The van der Waals surface area contributed by atoms with Crippen LogP contribution in [-0.4, -0.2) is 5.91 Å². The fourth-order valence-electron chi connectivity index (χ4n) is 1.52. The molecule has 20 heavy (non-hydrogen) atoms. The number of amides is 1. The van der Waals surface area contributed by atoms with Gasteiger partial charge < -0.3 is 5.32 Å². The molecule has 2 aromatic rings. The van der Waals surface area contributed by atoms with E-state index >= 15 is 0 Å². The number of halogens is 5. The van der Waals surface area contributed by atoms with Crippen molar-refractivity contribution >= 4 is 43.5 Å². The smallest absolute Gasteiger partial charge is 0.256 e. The number of carbonyl (C=O) groups excluding carboxylic acids is 1. The third-order valence-electron chi connectivity index (χ3n) is 2.42. The molecule has 2 rings (SSSR count). The third kappa shape index (κ3) is 3.21. The van der Waals surface area contributed by atoms with Crippen LogP contribution < -0.4 is 5.32 Å². The Morgan fingerprint density at radius 1 is 1.00 bits per heavy atom. The topological polar surface area (TPSA) is 29.1 Å². The van der Waals surface area contributed by atoms with Gasteiger partial charge in [-0.15, -0.1) is 0 Å². The summed E-state index contributed by atoms with van der Waals surface area (Å²) in [4.78, 5) is 11.9. The van der Waals surface area contributed by atoms with Crippen LogP contribution in [0, 0.1) is 17.5 Å². The van der Waals surface area contributed by atoms with Crippen molar-refractivity contribution in [2.24, 2.45) is 0 Å². The maximum atomic E-state index is 13.6. The van der Waals surface area contributed by atoms with E-state index in [2.05, 4.69) is 37.2 Å². The molecule has 0 aliphatic rings. The van der Waals surface area contributed by atoms with Gasteiger partial charge in [0.2, 0.25) is 0 Å². The van der Waals surface area contributed by atoms with Crippen LogP contribution in [0.1, 0.15) is 10.4 Å². The Bertz CT molecular complexity index is 668. The van der Waals surface area contributed by atoms with Crippen molar-refractivity contribution in [3.8, 4) is 0 Å². The first-order valence-electron chi connectivity index (χ1n) is 5.29. The van der Waals surface area contributed by atoms with Gasteiger partial charge in [0.05, 0.1) is 5.56 Å². The highest BCUT2D eigenvalue weighted by molar-refractivity contribution is 9.10. The van der Waals surface area contributed by atoms with Gasteiger partial charge in [-0.25, -0.2) is 13.2 Å². The van der Waals surface area contributed by atoms with Gasteiger partial charge in [-0.2, -0.15) is 0 Å². The molecule has 104 valence electrons. The first-order valence-corrected chi connectivity index (χ1v) is 6.88. The van der Waals surface area contributed by atoms with Gasteiger partial charge in [-0.3, -0.25) is 4.79 Å². The SMILES string of the molecule is O=C(Nc1c(F)cc(Br)cc1F)c1ccc(F)cc1Br. The summed E-state index contributed by atoms with van der Waals surface area (Å²) in [5.74, 6) is -3.11. The average molecular weight is 409 g/mol. The van der Waals surface area contributed by atoms with E-state index in [0.29, 0.717) is 0 Å². The molecule has 1 N–H and O–H groups in total. The molecule has 0 bridgehead atoms. The maximum Gasteiger partial charge on any atom is 0.256 e. The van der Waals surface area contributed by atoms with Crippen LogP contribution in [0.15, 0.2) is 39.3 Å². The first-order chi connectivity index (χ1) is 9.38. The summed E-state index contributed by atoms with van der Waals surface area (Å²) in [5, 5.41) is 2.12. The second-order valence-corrected chi connectivity index (χ2v) is 5.59. The summed E-state index contributed by atoms with van der Waals surface area (Å²) in [6.07, 6.45) is 0. The fraction of sp³-hybridized carbons (Fsp3) is 0. The minimum atomic E-state index is -0.913. The highest BCUT2D eigenvalue weighted by Crippen LogP contribution is 2.25. The molecule has 0 aliphatic heterocycles. The van der Waals surface area contributed by atoms with Gasteiger partial charge in [-0.05, 0) is 46.3 Å². The lowest BCUT2D eigenvalue weighted by Crippen LogP contribution is -2.15. The van der Waals surface area contributed by atoms with Gasteiger partial charge in [0, 0.05) is 8.95 Å². The highest BCUT2D eigenvalue weighted by Gasteiger charge is 2.16. The van der Waals surface area contributed by atoms with Crippen molar-refractivity contribution in [3.63, 3.8) is 0 Å². The van der Waals surface area contributed by atoms with Gasteiger partial charge in [0.25, 0.3) is 5.91 Å². The summed E-state index contributed by atoms with van der Waals surface area (Å²) in [5.41, 5.74) is -0.498. The zero-order chi connectivity index (χ0) is 14.9. The van der Waals surface area contributed by atoms with Crippen LogP contribution in [-0.2, 0) is 0 Å². The number of anilines is 1. The van der Waals surface area contributed by atoms with E-state index in [4.69, 9.17) is 0 Å². The minimum Gasteiger partial charge on any atom is -0.317 e. The number of nitrogens with one attached hydrogen (secondary N) is 1. The lowest BCUT2D eigenvalue weighted by Gasteiger charge is -2.09. The number of hydrogen-bond acceptors (Lipinski definition) is 1. The Hall–Kier alpha value is -1.34. The monoisotopic (exact) mass is 407 g/mol. The van der Waals surface area contributed by atoms with Crippen molar-refractivity contribution in [3.05, 3.63) is 62.3 Å². The predicted molar refractivity (Wildman–Crippen MR) is 76.1 cm³/mol. The molecule has 0 saturated carbocycles. The molecule has 0 saturated heterocycles. The summed E-state index contributed by atoms with van der Waals surface area (Å²) >= 11 is 5.95. The molecule has 1 amide bonds. The standard InChI is InChI=1S/C13H6Br2F3NO/c14-6-3-10(17)12(11(18)4-6)19-13(20)8-2-1-7(16)5-9(8)15/h1-5H,(H,19,20). The van der Waals surface area contributed by atoms with Crippen molar-refractivity contribution in [1.29, 1.82) is 0 Å². The van der Waals surface area contributed by atoms with Crippen LogP contribution in [0.25, 0.3) is 0 Å². The molecule has 0 fully saturated rings. The second-order valence-electron chi connectivity index (χ2n) is 3.82. The molecule has 0 atom stereocenters. The van der Waals surface area contributed by atoms with E-state index in [1.165, 1.54) is 6.07 Å². The first kappa shape index (κ1) is 15.1. The number of benzene rings is 2. The molecule has 0 spiro atoms. The van der Waals surface area contributed by atoms with Crippen LogP contribution in [0.4, 0.5) is 18.9 Å². The van der Waals surface area contributed by atoms with Crippen molar-refractivity contribution in [2.75, 3.05) is 5.32 Å². The summed E-state index contributed by atoms with van der Waals surface area (Å²) < 4.78 is 40.5. The number of hydrogen-bond donors (Lipinski definition) is 1. The summed E-state index contributed by atoms with van der Waals surface area (Å²) in [6, 6.07) is 5.43. The molecular weight excluding hydrogens is 403 g/mol. The Labute approximate surface area is 129 Å². The van der Waals surface area contributed by atoms with Gasteiger partial charge in [0.1, 0.15) is 11.5 Å². The van der Waals surface area contributed by atoms with Gasteiger partial charge in [0.15, 0.2) is 11.6 Å². The lowest BCUT2D eigenvalue weighted by atomic mass is 10.2. The van der Waals surface area contributed by atoms with E-state index in [0.717, 1.165) is 24.3 Å². The number of carbonyl (C=O) groups is 1. The van der Waals surface area contributed by atoms with Crippen molar-refractivity contribution in [2.45, 2.75) is 0 Å². The Balaban J connectivity index is 2.33. The largest absolute Gasteiger partial charge is 0.317 e. The fourth-order valence-corrected chi connectivity index (χ4v) is 2.45. The van der Waals surface area contributed by atoms with Crippen molar-refractivity contribution < 1.29 is 18.0 Å². The molecule has 2 nitrogen and oxygen atoms in total. The average Bonchev–Trinajstić information content (AvgIpc) is 2.33.